The molecule has 0 spiro atoms. The molecule has 4 rings (SSSR count). The predicted octanol–water partition coefficient (Wildman–Crippen LogP) is 2.03. The van der Waals surface area contributed by atoms with E-state index in [1.165, 1.54) is 0 Å². The SMILES string of the molecule is O=C(NCCc1nc(-c2cccnc2)n[nH]1)C1CCN(Cc2ccco2)CC1. The van der Waals surface area contributed by atoms with E-state index in [9.17, 15) is 4.79 Å². The van der Waals surface area contributed by atoms with Crippen LogP contribution in [0.25, 0.3) is 11.4 Å². The Balaban J connectivity index is 1.19. The summed E-state index contributed by atoms with van der Waals surface area (Å²) >= 11 is 0. The molecule has 0 atom stereocenters. The summed E-state index contributed by atoms with van der Waals surface area (Å²) in [6, 6.07) is 7.66. The van der Waals surface area contributed by atoms with E-state index in [1.54, 1.807) is 18.7 Å². The number of H-pyrrole nitrogens is 1. The zero-order valence-electron chi connectivity index (χ0n) is 15.7. The average Bonchev–Trinajstić information content (AvgIpc) is 3.41. The molecule has 2 N–H and O–H groups in total. The standard InChI is InChI=1S/C20H24N6O2/c27-20(15-6-10-26(11-7-15)14-17-4-2-12-28-17)22-9-5-18-23-19(25-24-18)16-3-1-8-21-13-16/h1-4,8,12-13,15H,5-7,9-11,14H2,(H,22,27)(H,23,24,25). The molecule has 3 aromatic heterocycles. The average molecular weight is 380 g/mol. The Hall–Kier alpha value is -3.00. The van der Waals surface area contributed by atoms with Crippen LogP contribution in [0.5, 0.6) is 0 Å². The van der Waals surface area contributed by atoms with Crippen LogP contribution < -0.4 is 5.32 Å². The first-order chi connectivity index (χ1) is 13.8. The summed E-state index contributed by atoms with van der Waals surface area (Å²) in [5.41, 5.74) is 0.871. The first-order valence-corrected chi connectivity index (χ1v) is 9.62. The van der Waals surface area contributed by atoms with Gasteiger partial charge in [-0.1, -0.05) is 0 Å². The molecular weight excluding hydrogens is 356 g/mol. The molecule has 0 unspecified atom stereocenters. The van der Waals surface area contributed by atoms with E-state index in [1.807, 2.05) is 24.3 Å². The third kappa shape index (κ3) is 4.64. The zero-order valence-corrected chi connectivity index (χ0v) is 15.7. The summed E-state index contributed by atoms with van der Waals surface area (Å²) < 4.78 is 5.40. The van der Waals surface area contributed by atoms with Crippen LogP contribution >= 0.6 is 0 Å². The Morgan fingerprint density at radius 3 is 2.93 bits per heavy atom. The summed E-state index contributed by atoms with van der Waals surface area (Å²) in [7, 11) is 0. The molecule has 1 saturated heterocycles. The summed E-state index contributed by atoms with van der Waals surface area (Å²) in [4.78, 5) is 23.3. The van der Waals surface area contributed by atoms with Gasteiger partial charge in [-0.15, -0.1) is 0 Å². The third-order valence-corrected chi connectivity index (χ3v) is 5.03. The van der Waals surface area contributed by atoms with Gasteiger partial charge in [0.15, 0.2) is 5.82 Å². The molecule has 4 heterocycles. The predicted molar refractivity (Wildman–Crippen MR) is 103 cm³/mol. The Bertz CT molecular complexity index is 869. The van der Waals surface area contributed by atoms with Crippen LogP contribution in [0.4, 0.5) is 0 Å². The maximum absolute atomic E-state index is 12.4. The molecule has 8 nitrogen and oxygen atoms in total. The minimum atomic E-state index is 0.0773. The minimum absolute atomic E-state index is 0.0773. The number of aromatic amines is 1. The Labute approximate surface area is 163 Å². The van der Waals surface area contributed by atoms with E-state index >= 15 is 0 Å². The van der Waals surface area contributed by atoms with Crippen molar-refractivity contribution in [2.75, 3.05) is 19.6 Å². The Morgan fingerprint density at radius 2 is 2.18 bits per heavy atom. The van der Waals surface area contributed by atoms with Crippen molar-refractivity contribution in [1.82, 2.24) is 30.4 Å². The molecule has 1 amide bonds. The van der Waals surface area contributed by atoms with Gasteiger partial charge in [0, 0.05) is 36.8 Å². The van der Waals surface area contributed by atoms with Crippen LogP contribution in [0, 0.1) is 5.92 Å². The van der Waals surface area contributed by atoms with Gasteiger partial charge < -0.3 is 9.73 Å². The van der Waals surface area contributed by atoms with E-state index in [-0.39, 0.29) is 11.8 Å². The quantitative estimate of drug-likeness (QED) is 0.651. The third-order valence-electron chi connectivity index (χ3n) is 5.03. The number of likely N-dealkylation sites (tertiary alicyclic amines) is 1. The van der Waals surface area contributed by atoms with Crippen molar-refractivity contribution >= 4 is 5.91 Å². The van der Waals surface area contributed by atoms with E-state index in [2.05, 4.69) is 30.4 Å². The maximum atomic E-state index is 12.4. The molecule has 0 bridgehead atoms. The van der Waals surface area contributed by atoms with Crippen LogP contribution in [0.2, 0.25) is 0 Å². The van der Waals surface area contributed by atoms with Crippen molar-refractivity contribution in [3.63, 3.8) is 0 Å². The lowest BCUT2D eigenvalue weighted by Crippen LogP contribution is -2.40. The number of piperidine rings is 1. The van der Waals surface area contributed by atoms with Crippen LogP contribution in [0.15, 0.2) is 47.3 Å². The normalized spacial score (nSPS) is 15.6. The molecule has 3 aromatic rings. The number of nitrogens with zero attached hydrogens (tertiary/aromatic N) is 4. The summed E-state index contributed by atoms with van der Waals surface area (Å²) in [6.07, 6.45) is 7.52. The van der Waals surface area contributed by atoms with Gasteiger partial charge in [0.1, 0.15) is 11.6 Å². The largest absolute Gasteiger partial charge is 0.468 e. The fourth-order valence-electron chi connectivity index (χ4n) is 3.46. The number of hydrogen-bond donors (Lipinski definition) is 2. The first kappa shape index (κ1) is 18.4. The van der Waals surface area contributed by atoms with Gasteiger partial charge in [-0.05, 0) is 50.2 Å². The van der Waals surface area contributed by atoms with Crippen LogP contribution in [0.1, 0.15) is 24.4 Å². The highest BCUT2D eigenvalue weighted by molar-refractivity contribution is 5.78. The molecule has 0 saturated carbocycles. The summed E-state index contributed by atoms with van der Waals surface area (Å²) in [5.74, 6) is 2.56. The Morgan fingerprint density at radius 1 is 1.29 bits per heavy atom. The van der Waals surface area contributed by atoms with Crippen molar-refractivity contribution < 1.29 is 9.21 Å². The summed E-state index contributed by atoms with van der Waals surface area (Å²) in [6.45, 7) is 3.18. The molecule has 1 fully saturated rings. The highest BCUT2D eigenvalue weighted by Crippen LogP contribution is 2.19. The van der Waals surface area contributed by atoms with Gasteiger partial charge in [-0.3, -0.25) is 19.8 Å². The second-order valence-corrected chi connectivity index (χ2v) is 7.02. The molecule has 146 valence electrons. The Kier molecular flexibility index (Phi) is 5.77. The van der Waals surface area contributed by atoms with Crippen LogP contribution in [-0.4, -0.2) is 50.6 Å². The maximum Gasteiger partial charge on any atom is 0.223 e. The molecule has 28 heavy (non-hydrogen) atoms. The summed E-state index contributed by atoms with van der Waals surface area (Å²) in [5, 5.41) is 10.2. The van der Waals surface area contributed by atoms with E-state index in [0.29, 0.717) is 18.8 Å². The number of aromatic nitrogens is 4. The highest BCUT2D eigenvalue weighted by Gasteiger charge is 2.25. The number of carbonyl (C=O) groups excluding carboxylic acids is 1. The van der Waals surface area contributed by atoms with Gasteiger partial charge >= 0.3 is 0 Å². The van der Waals surface area contributed by atoms with E-state index in [0.717, 1.165) is 49.6 Å². The molecule has 0 radical (unpaired) electrons. The molecule has 1 aliphatic heterocycles. The van der Waals surface area contributed by atoms with Gasteiger partial charge in [-0.25, -0.2) is 4.98 Å². The zero-order chi connectivity index (χ0) is 19.2. The van der Waals surface area contributed by atoms with Crippen molar-refractivity contribution in [3.8, 4) is 11.4 Å². The number of pyridine rings is 1. The van der Waals surface area contributed by atoms with Gasteiger partial charge in [0.05, 0.1) is 12.8 Å². The highest BCUT2D eigenvalue weighted by atomic mass is 16.3. The molecule has 0 aliphatic carbocycles. The smallest absolute Gasteiger partial charge is 0.223 e. The van der Waals surface area contributed by atoms with E-state index < -0.39 is 0 Å². The van der Waals surface area contributed by atoms with Crippen molar-refractivity contribution in [3.05, 3.63) is 54.5 Å². The van der Waals surface area contributed by atoms with Crippen molar-refractivity contribution in [1.29, 1.82) is 0 Å². The molecule has 0 aromatic carbocycles. The van der Waals surface area contributed by atoms with Crippen LogP contribution in [0.3, 0.4) is 0 Å². The number of carbonyl (C=O) groups is 1. The second-order valence-electron chi connectivity index (χ2n) is 7.02. The van der Waals surface area contributed by atoms with Crippen molar-refractivity contribution in [2.45, 2.75) is 25.8 Å². The van der Waals surface area contributed by atoms with Crippen molar-refractivity contribution in [2.24, 2.45) is 5.92 Å². The van der Waals surface area contributed by atoms with Crippen LogP contribution in [-0.2, 0) is 17.8 Å². The van der Waals surface area contributed by atoms with Gasteiger partial charge in [-0.2, -0.15) is 5.10 Å². The molecule has 8 heteroatoms. The topological polar surface area (TPSA) is 99.9 Å². The number of nitrogens with one attached hydrogen (secondary N) is 2. The number of rotatable bonds is 7. The number of furan rings is 1. The molecular formula is C20H24N6O2. The lowest BCUT2D eigenvalue weighted by atomic mass is 9.96. The number of hydrogen-bond acceptors (Lipinski definition) is 6. The lowest BCUT2D eigenvalue weighted by molar-refractivity contribution is -0.126. The van der Waals surface area contributed by atoms with Gasteiger partial charge in [0.25, 0.3) is 0 Å². The second kappa shape index (κ2) is 8.79. The lowest BCUT2D eigenvalue weighted by Gasteiger charge is -2.30. The number of amides is 1. The van der Waals surface area contributed by atoms with Gasteiger partial charge in [0.2, 0.25) is 5.91 Å². The van der Waals surface area contributed by atoms with E-state index in [4.69, 9.17) is 4.42 Å². The monoisotopic (exact) mass is 380 g/mol. The fraction of sp³-hybridized carbons (Fsp3) is 0.400. The minimum Gasteiger partial charge on any atom is -0.468 e. The fourth-order valence-corrected chi connectivity index (χ4v) is 3.46. The molecule has 1 aliphatic rings. The first-order valence-electron chi connectivity index (χ1n) is 9.62.